The zero-order valence-electron chi connectivity index (χ0n) is 11.6. The Kier molecular flexibility index (Phi) is 3.76. The minimum absolute atomic E-state index is 0.0860. The molecule has 3 rings (SSSR count). The molecule has 1 atom stereocenters. The maximum absolute atomic E-state index is 12.3. The molecule has 0 saturated carbocycles. The van der Waals surface area contributed by atoms with Crippen molar-refractivity contribution in [2.45, 2.75) is 25.8 Å². The van der Waals surface area contributed by atoms with E-state index in [9.17, 15) is 9.59 Å². The van der Waals surface area contributed by atoms with E-state index < -0.39 is 0 Å². The van der Waals surface area contributed by atoms with E-state index in [-0.39, 0.29) is 11.9 Å². The summed E-state index contributed by atoms with van der Waals surface area (Å²) in [4.78, 5) is 28.8. The fraction of sp³-hybridized carbons (Fsp3) is 0.571. The first kappa shape index (κ1) is 13.6. The van der Waals surface area contributed by atoms with Gasteiger partial charge in [-0.1, -0.05) is 6.92 Å². The van der Waals surface area contributed by atoms with Crippen LogP contribution in [0.4, 0.5) is 4.79 Å². The van der Waals surface area contributed by atoms with Crippen molar-refractivity contribution in [3.05, 3.63) is 21.9 Å². The summed E-state index contributed by atoms with van der Waals surface area (Å²) in [5.41, 5.74) is 1.36. The number of nitrogens with one attached hydrogen (secondary N) is 1. The first-order valence-corrected chi connectivity index (χ1v) is 7.97. The van der Waals surface area contributed by atoms with Crippen LogP contribution in [0.5, 0.6) is 0 Å². The van der Waals surface area contributed by atoms with Crippen LogP contribution in [0.1, 0.15) is 29.8 Å². The highest BCUT2D eigenvalue weighted by Crippen LogP contribution is 2.34. The molecule has 1 aromatic heterocycles. The fourth-order valence-electron chi connectivity index (χ4n) is 3.08. The summed E-state index contributed by atoms with van der Waals surface area (Å²) in [7, 11) is 0. The van der Waals surface area contributed by atoms with Crippen molar-refractivity contribution < 1.29 is 9.59 Å². The SMILES string of the molecule is CC[C@H]1c2ccsc2CCN1CC(=O)N1CCNC1=O. The van der Waals surface area contributed by atoms with Crippen molar-refractivity contribution in [3.8, 4) is 0 Å². The minimum Gasteiger partial charge on any atom is -0.336 e. The number of hydrogen-bond donors (Lipinski definition) is 1. The molecule has 1 N–H and O–H groups in total. The molecule has 0 radical (unpaired) electrons. The Morgan fingerprint density at radius 1 is 1.50 bits per heavy atom. The number of rotatable bonds is 3. The zero-order chi connectivity index (χ0) is 14.1. The molecule has 2 aliphatic heterocycles. The van der Waals surface area contributed by atoms with Crippen LogP contribution in [-0.4, -0.2) is 47.9 Å². The number of nitrogens with zero attached hydrogens (tertiary/aromatic N) is 2. The van der Waals surface area contributed by atoms with Gasteiger partial charge in [-0.15, -0.1) is 11.3 Å². The lowest BCUT2D eigenvalue weighted by atomic mass is 9.98. The monoisotopic (exact) mass is 293 g/mol. The van der Waals surface area contributed by atoms with Crippen molar-refractivity contribution in [1.82, 2.24) is 15.1 Å². The molecule has 1 aromatic rings. The molecule has 2 aliphatic rings. The molecule has 0 spiro atoms. The van der Waals surface area contributed by atoms with E-state index in [0.717, 1.165) is 19.4 Å². The number of amides is 3. The van der Waals surface area contributed by atoms with Crippen LogP contribution in [0.3, 0.4) is 0 Å². The van der Waals surface area contributed by atoms with Crippen LogP contribution >= 0.6 is 11.3 Å². The maximum Gasteiger partial charge on any atom is 0.324 e. The lowest BCUT2D eigenvalue weighted by molar-refractivity contribution is -0.129. The normalized spacial score (nSPS) is 22.8. The third-order valence-corrected chi connectivity index (χ3v) is 5.09. The van der Waals surface area contributed by atoms with Gasteiger partial charge in [0.05, 0.1) is 6.54 Å². The summed E-state index contributed by atoms with van der Waals surface area (Å²) >= 11 is 1.80. The van der Waals surface area contributed by atoms with Gasteiger partial charge in [-0.2, -0.15) is 0 Å². The van der Waals surface area contributed by atoms with E-state index >= 15 is 0 Å². The van der Waals surface area contributed by atoms with Gasteiger partial charge in [0.25, 0.3) is 0 Å². The average Bonchev–Trinajstić information content (AvgIpc) is 3.06. The van der Waals surface area contributed by atoms with Gasteiger partial charge in [0, 0.05) is 30.6 Å². The van der Waals surface area contributed by atoms with Crippen molar-refractivity contribution in [3.63, 3.8) is 0 Å². The van der Waals surface area contributed by atoms with Gasteiger partial charge in [0.15, 0.2) is 0 Å². The van der Waals surface area contributed by atoms with Gasteiger partial charge in [-0.05, 0) is 29.9 Å². The van der Waals surface area contributed by atoms with E-state index in [1.54, 1.807) is 11.3 Å². The Hall–Kier alpha value is -1.40. The highest BCUT2D eigenvalue weighted by molar-refractivity contribution is 7.10. The van der Waals surface area contributed by atoms with Crippen LogP contribution in [0, 0.1) is 0 Å². The first-order chi connectivity index (χ1) is 9.70. The summed E-state index contributed by atoms with van der Waals surface area (Å²) in [6, 6.07) is 2.23. The average molecular weight is 293 g/mol. The predicted molar refractivity (Wildman–Crippen MR) is 77.7 cm³/mol. The molecular weight excluding hydrogens is 274 g/mol. The number of fused-ring (bicyclic) bond motifs is 1. The van der Waals surface area contributed by atoms with Gasteiger partial charge in [0.2, 0.25) is 5.91 Å². The van der Waals surface area contributed by atoms with Crippen LogP contribution in [0.15, 0.2) is 11.4 Å². The van der Waals surface area contributed by atoms with Crippen molar-refractivity contribution >= 4 is 23.3 Å². The van der Waals surface area contributed by atoms with E-state index in [2.05, 4.69) is 28.6 Å². The summed E-state index contributed by atoms with van der Waals surface area (Å²) < 4.78 is 0. The highest BCUT2D eigenvalue weighted by Gasteiger charge is 2.32. The Labute approximate surface area is 122 Å². The second kappa shape index (κ2) is 5.54. The molecule has 0 aliphatic carbocycles. The van der Waals surface area contributed by atoms with Crippen molar-refractivity contribution in [2.24, 2.45) is 0 Å². The number of thiophene rings is 1. The highest BCUT2D eigenvalue weighted by atomic mass is 32.1. The predicted octanol–water partition coefficient (Wildman–Crippen LogP) is 1.61. The standard InChI is InChI=1S/C14H19N3O2S/c1-2-11-10-4-8-20-12(10)3-6-16(11)9-13(18)17-7-5-15-14(17)19/h4,8,11H,2-3,5-7,9H2,1H3,(H,15,19)/t11-/m0/s1. The molecule has 108 valence electrons. The van der Waals surface area contributed by atoms with Gasteiger partial charge in [-0.3, -0.25) is 14.6 Å². The molecule has 20 heavy (non-hydrogen) atoms. The summed E-state index contributed by atoms with van der Waals surface area (Å²) in [5, 5.41) is 4.81. The number of urea groups is 1. The molecule has 0 aromatic carbocycles. The summed E-state index contributed by atoms with van der Waals surface area (Å²) in [6.07, 6.45) is 1.99. The van der Waals surface area contributed by atoms with E-state index in [0.29, 0.717) is 25.7 Å². The molecule has 0 bridgehead atoms. The Morgan fingerprint density at radius 3 is 3.05 bits per heavy atom. The largest absolute Gasteiger partial charge is 0.336 e. The second-order valence-electron chi connectivity index (χ2n) is 5.22. The molecule has 0 unspecified atom stereocenters. The van der Waals surface area contributed by atoms with Crippen LogP contribution in [0.2, 0.25) is 0 Å². The van der Waals surface area contributed by atoms with Crippen LogP contribution < -0.4 is 5.32 Å². The van der Waals surface area contributed by atoms with Gasteiger partial charge in [-0.25, -0.2) is 4.79 Å². The zero-order valence-corrected chi connectivity index (χ0v) is 12.4. The molecule has 1 fully saturated rings. The number of imide groups is 1. The fourth-order valence-corrected chi connectivity index (χ4v) is 4.01. The molecular formula is C14H19N3O2S. The van der Waals surface area contributed by atoms with E-state index in [1.807, 2.05) is 0 Å². The Balaban J connectivity index is 1.71. The summed E-state index contributed by atoms with van der Waals surface area (Å²) in [6.45, 7) is 4.44. The third-order valence-electron chi connectivity index (χ3n) is 4.09. The third kappa shape index (κ3) is 2.33. The quantitative estimate of drug-likeness (QED) is 0.921. The number of carbonyl (C=O) groups excluding carboxylic acids is 2. The summed E-state index contributed by atoms with van der Waals surface area (Å²) in [5.74, 6) is -0.0860. The topological polar surface area (TPSA) is 52.7 Å². The van der Waals surface area contributed by atoms with Crippen molar-refractivity contribution in [1.29, 1.82) is 0 Å². The number of hydrogen-bond acceptors (Lipinski definition) is 4. The Bertz CT molecular complexity index is 528. The van der Waals surface area contributed by atoms with Gasteiger partial charge >= 0.3 is 6.03 Å². The minimum atomic E-state index is -0.253. The molecule has 3 heterocycles. The molecule has 3 amide bonds. The van der Waals surface area contributed by atoms with Gasteiger partial charge < -0.3 is 5.32 Å². The maximum atomic E-state index is 12.3. The van der Waals surface area contributed by atoms with Gasteiger partial charge in [0.1, 0.15) is 0 Å². The van der Waals surface area contributed by atoms with E-state index in [4.69, 9.17) is 0 Å². The lowest BCUT2D eigenvalue weighted by Crippen LogP contribution is -2.45. The number of carbonyl (C=O) groups is 2. The molecule has 6 heteroatoms. The first-order valence-electron chi connectivity index (χ1n) is 7.09. The molecule has 1 saturated heterocycles. The lowest BCUT2D eigenvalue weighted by Gasteiger charge is -2.35. The van der Waals surface area contributed by atoms with Crippen LogP contribution in [0.25, 0.3) is 0 Å². The van der Waals surface area contributed by atoms with E-state index in [1.165, 1.54) is 15.3 Å². The molecule has 5 nitrogen and oxygen atoms in total. The van der Waals surface area contributed by atoms with Crippen LogP contribution in [-0.2, 0) is 11.2 Å². The second-order valence-corrected chi connectivity index (χ2v) is 6.22. The smallest absolute Gasteiger partial charge is 0.324 e. The Morgan fingerprint density at radius 2 is 2.35 bits per heavy atom. The van der Waals surface area contributed by atoms with Crippen molar-refractivity contribution in [2.75, 3.05) is 26.2 Å².